The zero-order chi connectivity index (χ0) is 19.8. The molecule has 6 heteroatoms. The van der Waals surface area contributed by atoms with Crippen molar-refractivity contribution in [3.63, 3.8) is 0 Å². The number of rotatable bonds is 4. The van der Waals surface area contributed by atoms with E-state index in [2.05, 4.69) is 4.90 Å². The van der Waals surface area contributed by atoms with Crippen molar-refractivity contribution >= 4 is 29.3 Å². The number of hydrogen-bond acceptors (Lipinski definition) is 4. The number of ether oxygens (including phenoxy) is 1. The molecule has 3 heterocycles. The molecule has 0 bridgehead atoms. The third kappa shape index (κ3) is 4.00. The van der Waals surface area contributed by atoms with Gasteiger partial charge in [0, 0.05) is 31.1 Å². The summed E-state index contributed by atoms with van der Waals surface area (Å²) in [6.07, 6.45) is 10.2. The van der Waals surface area contributed by atoms with Crippen LogP contribution in [-0.2, 0) is 16.0 Å². The van der Waals surface area contributed by atoms with E-state index < -0.39 is 0 Å². The molecule has 1 spiro atoms. The molecule has 3 atom stereocenters. The van der Waals surface area contributed by atoms with Crippen molar-refractivity contribution in [1.82, 2.24) is 9.80 Å². The van der Waals surface area contributed by atoms with Crippen molar-refractivity contribution in [2.75, 3.05) is 26.7 Å². The van der Waals surface area contributed by atoms with Gasteiger partial charge in [-0.25, -0.2) is 0 Å². The number of fused-ring (bicyclic) bond motifs is 1. The van der Waals surface area contributed by atoms with E-state index in [1.165, 1.54) is 25.7 Å². The monoisotopic (exact) mass is 432 g/mol. The zero-order valence-corrected chi connectivity index (χ0v) is 18.7. The summed E-state index contributed by atoms with van der Waals surface area (Å²) in [6.45, 7) is 3.22. The molecule has 2 aromatic rings. The Morgan fingerprint density at radius 2 is 2.03 bits per heavy atom. The topological polar surface area (TPSA) is 45.9 Å². The second-order valence-electron chi connectivity index (χ2n) is 9.19. The Kier molecular flexibility index (Phi) is 6.42. The van der Waals surface area contributed by atoms with Gasteiger partial charge in [0.15, 0.2) is 0 Å². The summed E-state index contributed by atoms with van der Waals surface area (Å²) < 4.78 is 11.8. The summed E-state index contributed by atoms with van der Waals surface area (Å²) in [4.78, 5) is 18.0. The van der Waals surface area contributed by atoms with Crippen LogP contribution < -0.4 is 0 Å². The van der Waals surface area contributed by atoms with Crippen LogP contribution in [0.1, 0.15) is 50.5 Å². The second kappa shape index (κ2) is 8.89. The Morgan fingerprint density at radius 3 is 2.80 bits per heavy atom. The molecule has 1 unspecified atom stereocenters. The van der Waals surface area contributed by atoms with Crippen LogP contribution in [0.15, 0.2) is 34.9 Å². The normalized spacial score (nSPS) is 29.4. The minimum Gasteiger partial charge on any atom is -0.464 e. The first kappa shape index (κ1) is 21.7. The zero-order valence-electron chi connectivity index (χ0n) is 17.8. The van der Waals surface area contributed by atoms with Gasteiger partial charge < -0.3 is 14.1 Å². The average molecular weight is 433 g/mol. The molecule has 164 valence electrons. The summed E-state index contributed by atoms with van der Waals surface area (Å²) >= 11 is 0. The van der Waals surface area contributed by atoms with Gasteiger partial charge in [0.1, 0.15) is 5.58 Å². The van der Waals surface area contributed by atoms with E-state index in [9.17, 15) is 4.79 Å². The SMILES string of the molecule is CN(C(=O)Cc1cccc2occc12)[C@H]1CCC2(CCCO2)C[C@@H]1N1CCCC1.Cl. The highest BCUT2D eigenvalue weighted by Crippen LogP contribution is 2.43. The van der Waals surface area contributed by atoms with E-state index in [0.717, 1.165) is 55.5 Å². The second-order valence-corrected chi connectivity index (χ2v) is 9.19. The number of furan rings is 1. The Labute approximate surface area is 185 Å². The maximum absolute atomic E-state index is 13.3. The molecule has 0 radical (unpaired) electrons. The summed E-state index contributed by atoms with van der Waals surface area (Å²) in [5, 5.41) is 1.05. The van der Waals surface area contributed by atoms with Gasteiger partial charge in [0.25, 0.3) is 0 Å². The van der Waals surface area contributed by atoms with Gasteiger partial charge in [-0.3, -0.25) is 9.69 Å². The molecule has 1 saturated carbocycles. The van der Waals surface area contributed by atoms with Gasteiger partial charge >= 0.3 is 0 Å². The summed E-state index contributed by atoms with van der Waals surface area (Å²) in [7, 11) is 2.01. The van der Waals surface area contributed by atoms with Crippen LogP contribution in [0.3, 0.4) is 0 Å². The molecule has 1 aliphatic carbocycles. The Hall–Kier alpha value is -1.56. The predicted molar refractivity (Wildman–Crippen MR) is 120 cm³/mol. The van der Waals surface area contributed by atoms with Crippen LogP contribution in [0.2, 0.25) is 0 Å². The largest absolute Gasteiger partial charge is 0.464 e. The van der Waals surface area contributed by atoms with Crippen LogP contribution >= 0.6 is 12.4 Å². The van der Waals surface area contributed by atoms with Crippen molar-refractivity contribution in [2.45, 2.75) is 69.1 Å². The van der Waals surface area contributed by atoms with E-state index in [1.54, 1.807) is 6.26 Å². The van der Waals surface area contributed by atoms with E-state index >= 15 is 0 Å². The van der Waals surface area contributed by atoms with Crippen molar-refractivity contribution < 1.29 is 13.9 Å². The molecule has 5 rings (SSSR count). The number of carbonyl (C=O) groups is 1. The highest BCUT2D eigenvalue weighted by atomic mass is 35.5. The highest BCUT2D eigenvalue weighted by molar-refractivity contribution is 5.87. The minimum absolute atomic E-state index is 0. The molecule has 0 N–H and O–H groups in total. The molecule has 2 saturated heterocycles. The van der Waals surface area contributed by atoms with Gasteiger partial charge in [-0.1, -0.05) is 12.1 Å². The fourth-order valence-electron chi connectivity index (χ4n) is 5.92. The van der Waals surface area contributed by atoms with Gasteiger partial charge in [-0.2, -0.15) is 0 Å². The molecular weight excluding hydrogens is 400 g/mol. The minimum atomic E-state index is 0. The van der Waals surface area contributed by atoms with E-state index in [0.29, 0.717) is 12.5 Å². The maximum Gasteiger partial charge on any atom is 0.227 e. The lowest BCUT2D eigenvalue weighted by Crippen LogP contribution is -2.58. The highest BCUT2D eigenvalue weighted by Gasteiger charge is 2.47. The summed E-state index contributed by atoms with van der Waals surface area (Å²) in [6, 6.07) is 8.64. The predicted octanol–water partition coefficient (Wildman–Crippen LogP) is 4.42. The summed E-state index contributed by atoms with van der Waals surface area (Å²) in [5.74, 6) is 0.205. The van der Waals surface area contributed by atoms with Crippen molar-refractivity contribution in [1.29, 1.82) is 0 Å². The number of amides is 1. The molecule has 3 aliphatic rings. The molecular formula is C24H33ClN2O3. The van der Waals surface area contributed by atoms with Crippen LogP contribution in [0.25, 0.3) is 11.0 Å². The number of halogens is 1. The Balaban J connectivity index is 0.00000218. The molecule has 2 aliphatic heterocycles. The third-order valence-corrected chi connectivity index (χ3v) is 7.53. The number of nitrogens with zero attached hydrogens (tertiary/aromatic N) is 2. The number of carbonyl (C=O) groups excluding carboxylic acids is 1. The first-order valence-electron chi connectivity index (χ1n) is 11.2. The fraction of sp³-hybridized carbons (Fsp3) is 0.625. The van der Waals surface area contributed by atoms with Crippen LogP contribution in [0.5, 0.6) is 0 Å². The van der Waals surface area contributed by atoms with Crippen molar-refractivity contribution in [2.24, 2.45) is 0 Å². The van der Waals surface area contributed by atoms with E-state index in [-0.39, 0.29) is 30.0 Å². The van der Waals surface area contributed by atoms with Crippen LogP contribution in [0.4, 0.5) is 0 Å². The number of hydrogen-bond donors (Lipinski definition) is 0. The van der Waals surface area contributed by atoms with Gasteiger partial charge in [0.2, 0.25) is 5.91 Å². The first-order valence-corrected chi connectivity index (χ1v) is 11.2. The van der Waals surface area contributed by atoms with Crippen molar-refractivity contribution in [3.05, 3.63) is 36.1 Å². The van der Waals surface area contributed by atoms with E-state index in [4.69, 9.17) is 9.15 Å². The molecule has 3 fully saturated rings. The lowest BCUT2D eigenvalue weighted by Gasteiger charge is -2.48. The van der Waals surface area contributed by atoms with Crippen LogP contribution in [0, 0.1) is 0 Å². The van der Waals surface area contributed by atoms with Gasteiger partial charge in [-0.05, 0) is 75.7 Å². The molecule has 1 aromatic heterocycles. The number of benzene rings is 1. The van der Waals surface area contributed by atoms with Gasteiger partial charge in [-0.15, -0.1) is 12.4 Å². The quantitative estimate of drug-likeness (QED) is 0.717. The molecule has 1 amide bonds. The smallest absolute Gasteiger partial charge is 0.227 e. The Bertz CT molecular complexity index is 870. The average Bonchev–Trinajstić information content (AvgIpc) is 3.49. The van der Waals surface area contributed by atoms with Crippen LogP contribution in [-0.4, -0.2) is 60.1 Å². The van der Waals surface area contributed by atoms with E-state index in [1.807, 2.05) is 36.2 Å². The molecule has 5 nitrogen and oxygen atoms in total. The standard InChI is InChI=1S/C24H32N2O3.ClH/c1-25(23(27)16-18-6-4-7-22-19(18)9-15-28-22)20-8-11-24(10-5-14-29-24)17-21(20)26-12-2-3-13-26;/h4,6-7,9,15,20-21H,2-3,5,8,10-14,16-17H2,1H3;1H/t20-,21-,24?;/m0./s1. The first-order chi connectivity index (χ1) is 14.2. The van der Waals surface area contributed by atoms with Gasteiger partial charge in [0.05, 0.1) is 18.3 Å². The number of likely N-dealkylation sites (tertiary alicyclic amines) is 1. The lowest BCUT2D eigenvalue weighted by atomic mass is 9.76. The molecule has 30 heavy (non-hydrogen) atoms. The summed E-state index contributed by atoms with van der Waals surface area (Å²) in [5.41, 5.74) is 1.97. The Morgan fingerprint density at radius 1 is 1.20 bits per heavy atom. The lowest BCUT2D eigenvalue weighted by molar-refractivity contribution is -0.136. The molecule has 1 aromatic carbocycles. The number of likely N-dealkylation sites (N-methyl/N-ethyl adjacent to an activating group) is 1. The third-order valence-electron chi connectivity index (χ3n) is 7.53. The maximum atomic E-state index is 13.3. The fourth-order valence-corrected chi connectivity index (χ4v) is 5.92. The van der Waals surface area contributed by atoms with Crippen molar-refractivity contribution in [3.8, 4) is 0 Å².